The molecule has 0 aliphatic heterocycles. The zero-order chi connectivity index (χ0) is 14.8. The van der Waals surface area contributed by atoms with Crippen LogP contribution in [0.15, 0.2) is 22.6 Å². The topological polar surface area (TPSA) is 92.3 Å². The molecule has 3 aromatic heterocycles. The minimum atomic E-state index is 0.559. The second-order valence-corrected chi connectivity index (χ2v) is 5.48. The molecule has 0 atom stereocenters. The van der Waals surface area contributed by atoms with Gasteiger partial charge in [-0.2, -0.15) is 4.98 Å². The molecule has 3 heterocycles. The molecule has 0 amide bonds. The van der Waals surface area contributed by atoms with Crippen molar-refractivity contribution in [1.82, 2.24) is 29.9 Å². The molecular weight excluding hydrogens is 286 g/mol. The van der Waals surface area contributed by atoms with Crippen molar-refractivity contribution >= 4 is 28.9 Å². The third-order valence-corrected chi connectivity index (χ3v) is 3.59. The Kier molecular flexibility index (Phi) is 3.70. The molecule has 0 spiro atoms. The van der Waals surface area contributed by atoms with E-state index in [4.69, 9.17) is 0 Å². The summed E-state index contributed by atoms with van der Waals surface area (Å²) in [7, 11) is 0. The average molecular weight is 301 g/mol. The van der Waals surface area contributed by atoms with Gasteiger partial charge < -0.3 is 10.3 Å². The summed E-state index contributed by atoms with van der Waals surface area (Å²) in [5, 5.41) is 4.54. The highest BCUT2D eigenvalue weighted by Crippen LogP contribution is 2.29. The molecule has 7 nitrogen and oxygen atoms in total. The first-order chi connectivity index (χ1) is 10.2. The zero-order valence-corrected chi connectivity index (χ0v) is 12.8. The van der Waals surface area contributed by atoms with E-state index in [-0.39, 0.29) is 0 Å². The van der Waals surface area contributed by atoms with E-state index < -0.39 is 0 Å². The molecule has 3 rings (SSSR count). The normalized spacial score (nSPS) is 11.0. The van der Waals surface area contributed by atoms with Gasteiger partial charge in [-0.15, -0.1) is 0 Å². The first-order valence-electron chi connectivity index (χ1n) is 6.61. The maximum absolute atomic E-state index is 4.51. The average Bonchev–Trinajstić information content (AvgIpc) is 2.86. The summed E-state index contributed by atoms with van der Waals surface area (Å²) < 4.78 is 0. The minimum absolute atomic E-state index is 0.559. The molecular formula is C13H15N7S. The number of nitrogens with zero attached hydrogens (tertiary/aromatic N) is 5. The van der Waals surface area contributed by atoms with Crippen LogP contribution in [0, 0.1) is 13.8 Å². The first kappa shape index (κ1) is 13.7. The highest BCUT2D eigenvalue weighted by atomic mass is 32.2. The predicted octanol–water partition coefficient (Wildman–Crippen LogP) is 2.34. The molecule has 0 saturated carbocycles. The van der Waals surface area contributed by atoms with Crippen molar-refractivity contribution in [2.45, 2.75) is 31.0 Å². The first-order valence-corrected chi connectivity index (χ1v) is 7.42. The lowest BCUT2D eigenvalue weighted by Gasteiger charge is -2.06. The Hall–Kier alpha value is -2.22. The van der Waals surface area contributed by atoms with Gasteiger partial charge in [-0.05, 0) is 38.6 Å². The SMILES string of the molecule is CCNc1nc(Sc2nc(C)cc(C)n2)c2[nH]cnc2n1. The lowest BCUT2D eigenvalue weighted by atomic mass is 10.4. The van der Waals surface area contributed by atoms with Gasteiger partial charge in [0, 0.05) is 17.9 Å². The van der Waals surface area contributed by atoms with Crippen molar-refractivity contribution in [2.75, 3.05) is 11.9 Å². The Labute approximate surface area is 126 Å². The van der Waals surface area contributed by atoms with E-state index in [1.54, 1.807) is 6.33 Å². The van der Waals surface area contributed by atoms with Crippen LogP contribution in [0.4, 0.5) is 5.95 Å². The van der Waals surface area contributed by atoms with Crippen molar-refractivity contribution in [1.29, 1.82) is 0 Å². The summed E-state index contributed by atoms with van der Waals surface area (Å²) >= 11 is 1.41. The quantitative estimate of drug-likeness (QED) is 0.564. The van der Waals surface area contributed by atoms with Crippen LogP contribution in [0.25, 0.3) is 11.2 Å². The van der Waals surface area contributed by atoms with Crippen LogP contribution in [-0.4, -0.2) is 36.4 Å². The van der Waals surface area contributed by atoms with Gasteiger partial charge in [-0.25, -0.2) is 19.9 Å². The number of H-pyrrole nitrogens is 1. The summed E-state index contributed by atoms with van der Waals surface area (Å²) in [6, 6.07) is 1.94. The van der Waals surface area contributed by atoms with Gasteiger partial charge in [-0.3, -0.25) is 0 Å². The Morgan fingerprint density at radius 1 is 1.14 bits per heavy atom. The van der Waals surface area contributed by atoms with E-state index in [9.17, 15) is 0 Å². The molecule has 21 heavy (non-hydrogen) atoms. The number of aromatic amines is 1. The van der Waals surface area contributed by atoms with Crippen molar-refractivity contribution in [3.05, 3.63) is 23.8 Å². The molecule has 0 saturated heterocycles. The molecule has 0 aromatic carbocycles. The second-order valence-electron chi connectivity index (χ2n) is 4.52. The largest absolute Gasteiger partial charge is 0.354 e. The fourth-order valence-electron chi connectivity index (χ4n) is 1.94. The van der Waals surface area contributed by atoms with E-state index in [1.807, 2.05) is 26.8 Å². The Morgan fingerprint density at radius 3 is 2.62 bits per heavy atom. The lowest BCUT2D eigenvalue weighted by Crippen LogP contribution is -2.03. The molecule has 0 radical (unpaired) electrons. The molecule has 0 aliphatic carbocycles. The highest BCUT2D eigenvalue weighted by molar-refractivity contribution is 7.99. The fraction of sp³-hybridized carbons (Fsp3) is 0.308. The van der Waals surface area contributed by atoms with Crippen LogP contribution >= 0.6 is 11.8 Å². The second kappa shape index (κ2) is 5.65. The van der Waals surface area contributed by atoms with Gasteiger partial charge in [0.15, 0.2) is 10.8 Å². The smallest absolute Gasteiger partial charge is 0.225 e. The molecule has 3 aromatic rings. The molecule has 0 fully saturated rings. The van der Waals surface area contributed by atoms with Crippen molar-refractivity contribution in [2.24, 2.45) is 0 Å². The number of aromatic nitrogens is 6. The molecule has 8 heteroatoms. The highest BCUT2D eigenvalue weighted by Gasteiger charge is 2.13. The van der Waals surface area contributed by atoms with Crippen LogP contribution in [0.5, 0.6) is 0 Å². The van der Waals surface area contributed by atoms with E-state index in [0.29, 0.717) is 16.8 Å². The third-order valence-electron chi connectivity index (χ3n) is 2.74. The van der Waals surface area contributed by atoms with Gasteiger partial charge in [0.2, 0.25) is 5.95 Å². The molecule has 108 valence electrons. The van der Waals surface area contributed by atoms with Crippen LogP contribution in [0.2, 0.25) is 0 Å². The Balaban J connectivity index is 2.04. The van der Waals surface area contributed by atoms with Crippen LogP contribution in [-0.2, 0) is 0 Å². The number of anilines is 1. The number of aryl methyl sites for hydroxylation is 2. The van der Waals surface area contributed by atoms with E-state index >= 15 is 0 Å². The van der Waals surface area contributed by atoms with E-state index in [1.165, 1.54) is 11.8 Å². The van der Waals surface area contributed by atoms with Crippen LogP contribution < -0.4 is 5.32 Å². The molecule has 0 bridgehead atoms. The molecule has 2 N–H and O–H groups in total. The molecule has 0 aliphatic rings. The zero-order valence-electron chi connectivity index (χ0n) is 12.0. The maximum Gasteiger partial charge on any atom is 0.225 e. The lowest BCUT2D eigenvalue weighted by molar-refractivity contribution is 0.899. The van der Waals surface area contributed by atoms with Crippen molar-refractivity contribution in [3.63, 3.8) is 0 Å². The maximum atomic E-state index is 4.51. The summed E-state index contributed by atoms with van der Waals surface area (Å²) in [5.41, 5.74) is 3.30. The Bertz CT molecular complexity index is 763. The third kappa shape index (κ3) is 2.94. The van der Waals surface area contributed by atoms with Crippen LogP contribution in [0.3, 0.4) is 0 Å². The number of fused-ring (bicyclic) bond motifs is 1. The number of nitrogens with one attached hydrogen (secondary N) is 2. The van der Waals surface area contributed by atoms with Crippen molar-refractivity contribution < 1.29 is 0 Å². The Morgan fingerprint density at radius 2 is 1.90 bits per heavy atom. The van der Waals surface area contributed by atoms with Gasteiger partial charge in [0.25, 0.3) is 0 Å². The van der Waals surface area contributed by atoms with Gasteiger partial charge in [0.1, 0.15) is 10.5 Å². The molecule has 0 unspecified atom stereocenters. The van der Waals surface area contributed by atoms with Gasteiger partial charge >= 0.3 is 0 Å². The standard InChI is InChI=1S/C13H15N7S/c1-4-14-12-19-10-9(15-6-16-10)11(20-12)21-13-17-7(2)5-8(3)18-13/h5-6H,4H2,1-3H3,(H2,14,15,16,19,20). The van der Waals surface area contributed by atoms with E-state index in [0.717, 1.165) is 28.5 Å². The fourth-order valence-corrected chi connectivity index (χ4v) is 2.88. The summed E-state index contributed by atoms with van der Waals surface area (Å²) in [6.07, 6.45) is 1.61. The van der Waals surface area contributed by atoms with Crippen LogP contribution in [0.1, 0.15) is 18.3 Å². The van der Waals surface area contributed by atoms with Gasteiger partial charge in [-0.1, -0.05) is 0 Å². The monoisotopic (exact) mass is 301 g/mol. The van der Waals surface area contributed by atoms with Crippen molar-refractivity contribution in [3.8, 4) is 0 Å². The minimum Gasteiger partial charge on any atom is -0.354 e. The number of hydrogen-bond donors (Lipinski definition) is 2. The van der Waals surface area contributed by atoms with Gasteiger partial charge in [0.05, 0.1) is 6.33 Å². The number of hydrogen-bond acceptors (Lipinski definition) is 7. The number of rotatable bonds is 4. The van der Waals surface area contributed by atoms with E-state index in [2.05, 4.69) is 35.2 Å². The summed E-state index contributed by atoms with van der Waals surface area (Å²) in [4.78, 5) is 25.0. The predicted molar refractivity (Wildman–Crippen MR) is 81.5 cm³/mol. The summed E-state index contributed by atoms with van der Waals surface area (Å²) in [6.45, 7) is 6.65. The summed E-state index contributed by atoms with van der Waals surface area (Å²) in [5.74, 6) is 0.559. The number of imidazole rings is 1.